The molecule has 9 heteroatoms. The quantitative estimate of drug-likeness (QED) is 0.695. The summed E-state index contributed by atoms with van der Waals surface area (Å²) in [5, 5.41) is 6.88. The van der Waals surface area contributed by atoms with Gasteiger partial charge in [0.1, 0.15) is 16.3 Å². The summed E-state index contributed by atoms with van der Waals surface area (Å²) in [4.78, 5) is 17.2. The number of ether oxygens (including phenoxy) is 2. The molecule has 0 radical (unpaired) electrons. The number of nitrogens with zero attached hydrogens (tertiary/aromatic N) is 2. The van der Waals surface area contributed by atoms with Gasteiger partial charge in [-0.1, -0.05) is 0 Å². The van der Waals surface area contributed by atoms with Crippen LogP contribution in [0.15, 0.2) is 24.3 Å². The molecule has 1 aliphatic heterocycles. The Morgan fingerprint density at radius 2 is 1.90 bits per heavy atom. The molecule has 0 spiro atoms. The number of ketones is 1. The Bertz CT molecular complexity index is 945. The van der Waals surface area contributed by atoms with Crippen LogP contribution in [-0.2, 0) is 25.8 Å². The Morgan fingerprint density at radius 1 is 1.24 bits per heavy atom. The van der Waals surface area contributed by atoms with Crippen LogP contribution in [0.2, 0.25) is 0 Å². The number of aromatic nitrogens is 3. The number of nitrogens with one attached hydrogen (secondary N) is 1. The van der Waals surface area contributed by atoms with Crippen LogP contribution in [0.1, 0.15) is 32.5 Å². The second-order valence-electron chi connectivity index (χ2n) is 7.78. The minimum absolute atomic E-state index is 0.00258. The summed E-state index contributed by atoms with van der Waals surface area (Å²) >= 11 is 0. The number of H-pyrrole nitrogens is 1. The molecular weight excluding hydrogens is 394 g/mol. The van der Waals surface area contributed by atoms with Gasteiger partial charge in [0.2, 0.25) is 0 Å². The van der Waals surface area contributed by atoms with E-state index in [4.69, 9.17) is 9.47 Å². The Morgan fingerprint density at radius 3 is 2.52 bits per heavy atom. The molecule has 2 heterocycles. The fraction of sp³-hybridized carbons (Fsp3) is 0.550. The first-order chi connectivity index (χ1) is 13.7. The molecule has 1 saturated heterocycles. The van der Waals surface area contributed by atoms with Gasteiger partial charge >= 0.3 is 0 Å². The third-order valence-electron chi connectivity index (χ3n) is 5.45. The van der Waals surface area contributed by atoms with Crippen LogP contribution in [0.25, 0.3) is 11.4 Å². The molecule has 2 aromatic rings. The number of sulfone groups is 1. The zero-order chi connectivity index (χ0) is 21.1. The SMILES string of the molecule is COc1ccc(-c2n[nH]c(CC(=O)C(C)(C)S(=O)(=O)CC3CCOCC3)n2)cc1. The molecule has 29 heavy (non-hydrogen) atoms. The molecule has 0 aliphatic carbocycles. The normalized spacial score (nSPS) is 16.0. The maximum Gasteiger partial charge on any atom is 0.181 e. The van der Waals surface area contributed by atoms with Gasteiger partial charge in [-0.3, -0.25) is 9.89 Å². The number of carbonyl (C=O) groups is 1. The van der Waals surface area contributed by atoms with Crippen LogP contribution >= 0.6 is 0 Å². The molecule has 1 aliphatic rings. The van der Waals surface area contributed by atoms with Crippen molar-refractivity contribution in [2.24, 2.45) is 5.92 Å². The van der Waals surface area contributed by atoms with E-state index in [2.05, 4.69) is 15.2 Å². The van der Waals surface area contributed by atoms with Gasteiger partial charge < -0.3 is 9.47 Å². The van der Waals surface area contributed by atoms with Crippen molar-refractivity contribution in [2.75, 3.05) is 26.1 Å². The molecule has 1 aromatic carbocycles. The molecule has 8 nitrogen and oxygen atoms in total. The number of methoxy groups -OCH3 is 1. The minimum Gasteiger partial charge on any atom is -0.497 e. The van der Waals surface area contributed by atoms with Crippen LogP contribution in [0.5, 0.6) is 5.75 Å². The van der Waals surface area contributed by atoms with Gasteiger partial charge in [-0.25, -0.2) is 13.4 Å². The fourth-order valence-corrected chi connectivity index (χ4v) is 5.00. The van der Waals surface area contributed by atoms with E-state index in [0.717, 1.165) is 11.3 Å². The third kappa shape index (κ3) is 4.84. The molecule has 0 unspecified atom stereocenters. The predicted octanol–water partition coefficient (Wildman–Crippen LogP) is 2.21. The number of rotatable bonds is 8. The number of hydrogen-bond acceptors (Lipinski definition) is 7. The second-order valence-corrected chi connectivity index (χ2v) is 10.4. The average Bonchev–Trinajstić information content (AvgIpc) is 3.16. The first kappa shape index (κ1) is 21.4. The van der Waals surface area contributed by atoms with Crippen molar-refractivity contribution in [3.63, 3.8) is 0 Å². The molecule has 0 saturated carbocycles. The Balaban J connectivity index is 1.69. The molecule has 0 atom stereocenters. The van der Waals surface area contributed by atoms with Crippen molar-refractivity contribution in [2.45, 2.75) is 37.9 Å². The summed E-state index contributed by atoms with van der Waals surface area (Å²) < 4.78 is 34.8. The first-order valence-electron chi connectivity index (χ1n) is 9.62. The lowest BCUT2D eigenvalue weighted by atomic mass is 10.0. The van der Waals surface area contributed by atoms with E-state index in [1.54, 1.807) is 19.2 Å². The maximum atomic E-state index is 12.9. The highest BCUT2D eigenvalue weighted by Gasteiger charge is 2.42. The first-order valence-corrected chi connectivity index (χ1v) is 11.3. The highest BCUT2D eigenvalue weighted by molar-refractivity contribution is 7.93. The van der Waals surface area contributed by atoms with E-state index in [1.807, 2.05) is 12.1 Å². The van der Waals surface area contributed by atoms with E-state index in [9.17, 15) is 13.2 Å². The number of benzene rings is 1. The molecule has 1 fully saturated rings. The van der Waals surface area contributed by atoms with Crippen molar-refractivity contribution < 1.29 is 22.7 Å². The number of aromatic amines is 1. The molecule has 0 bridgehead atoms. The standard InChI is InChI=1S/C20H27N3O5S/c1-20(2,29(25,26)13-14-8-10-28-11-9-14)17(24)12-18-21-19(23-22-18)15-4-6-16(27-3)7-5-15/h4-7,14H,8-13H2,1-3H3,(H,21,22,23). The summed E-state index contributed by atoms with van der Waals surface area (Å²) in [7, 11) is -2.03. The summed E-state index contributed by atoms with van der Waals surface area (Å²) in [6.45, 7) is 4.09. The highest BCUT2D eigenvalue weighted by Crippen LogP contribution is 2.26. The van der Waals surface area contributed by atoms with E-state index in [-0.39, 0.29) is 18.1 Å². The summed E-state index contributed by atoms with van der Waals surface area (Å²) in [5.74, 6) is 1.14. The predicted molar refractivity (Wildman–Crippen MR) is 108 cm³/mol. The van der Waals surface area contributed by atoms with Crippen LogP contribution in [-0.4, -0.2) is 60.2 Å². The summed E-state index contributed by atoms with van der Waals surface area (Å²) in [6.07, 6.45) is 1.29. The highest BCUT2D eigenvalue weighted by atomic mass is 32.2. The van der Waals surface area contributed by atoms with Crippen LogP contribution in [0.3, 0.4) is 0 Å². The third-order valence-corrected chi connectivity index (χ3v) is 8.15. The maximum absolute atomic E-state index is 12.9. The van der Waals surface area contributed by atoms with Gasteiger partial charge in [-0.05, 0) is 56.9 Å². The molecule has 158 valence electrons. The molecular formula is C20H27N3O5S. The van der Waals surface area contributed by atoms with Crippen molar-refractivity contribution in [1.29, 1.82) is 0 Å². The lowest BCUT2D eigenvalue weighted by Crippen LogP contribution is -2.45. The summed E-state index contributed by atoms with van der Waals surface area (Å²) in [6, 6.07) is 7.22. The van der Waals surface area contributed by atoms with E-state index in [0.29, 0.717) is 37.7 Å². The van der Waals surface area contributed by atoms with E-state index >= 15 is 0 Å². The van der Waals surface area contributed by atoms with Crippen molar-refractivity contribution in [1.82, 2.24) is 15.2 Å². The van der Waals surface area contributed by atoms with Gasteiger partial charge in [-0.2, -0.15) is 5.10 Å². The number of Topliss-reactive ketones (excluding diaryl/α,β-unsaturated/α-hetero) is 1. The van der Waals surface area contributed by atoms with E-state index < -0.39 is 20.4 Å². The van der Waals surface area contributed by atoms with Crippen LogP contribution < -0.4 is 4.74 Å². The lowest BCUT2D eigenvalue weighted by molar-refractivity contribution is -0.120. The zero-order valence-electron chi connectivity index (χ0n) is 17.0. The Labute approximate surface area is 170 Å². The largest absolute Gasteiger partial charge is 0.497 e. The molecule has 1 aromatic heterocycles. The van der Waals surface area contributed by atoms with Crippen LogP contribution in [0.4, 0.5) is 0 Å². The average molecular weight is 422 g/mol. The topological polar surface area (TPSA) is 111 Å². The van der Waals surface area contributed by atoms with E-state index in [1.165, 1.54) is 13.8 Å². The van der Waals surface area contributed by atoms with Gasteiger partial charge in [0.15, 0.2) is 21.4 Å². The fourth-order valence-electron chi connectivity index (χ4n) is 3.21. The Hall–Kier alpha value is -2.26. The zero-order valence-corrected chi connectivity index (χ0v) is 17.8. The Kier molecular flexibility index (Phi) is 6.38. The second kappa shape index (κ2) is 8.62. The monoisotopic (exact) mass is 421 g/mol. The molecule has 3 rings (SSSR count). The number of hydrogen-bond donors (Lipinski definition) is 1. The lowest BCUT2D eigenvalue weighted by Gasteiger charge is -2.28. The van der Waals surface area contributed by atoms with Gasteiger partial charge in [0.05, 0.1) is 19.3 Å². The van der Waals surface area contributed by atoms with Crippen LogP contribution in [0, 0.1) is 5.92 Å². The van der Waals surface area contributed by atoms with Gasteiger partial charge in [0, 0.05) is 18.8 Å². The molecule has 0 amide bonds. The van der Waals surface area contributed by atoms with Crippen molar-refractivity contribution >= 4 is 15.6 Å². The summed E-state index contributed by atoms with van der Waals surface area (Å²) in [5.41, 5.74) is 0.771. The van der Waals surface area contributed by atoms with Gasteiger partial charge in [0.25, 0.3) is 0 Å². The minimum atomic E-state index is -3.61. The number of carbonyl (C=O) groups excluding carboxylic acids is 1. The smallest absolute Gasteiger partial charge is 0.181 e. The van der Waals surface area contributed by atoms with Crippen molar-refractivity contribution in [3.8, 4) is 17.1 Å². The van der Waals surface area contributed by atoms with Crippen molar-refractivity contribution in [3.05, 3.63) is 30.1 Å². The van der Waals surface area contributed by atoms with Gasteiger partial charge in [-0.15, -0.1) is 0 Å². The molecule has 1 N–H and O–H groups in total.